The van der Waals surface area contributed by atoms with Gasteiger partial charge in [0.2, 0.25) is 0 Å². The lowest BCUT2D eigenvalue weighted by Gasteiger charge is -2.14. The standard InChI is InChI=1S/C45H27N3S/c1-3-11-31-25-34(21-19-28(31)9-1)43-46-44(35-22-20-29-10-2-4-12-32(29)26-35)48-45(47-43)38-17-8-14-30-13-7-16-36(42(30)38)33-23-24-41-39(27-33)37-15-5-6-18-40(37)49-41/h1-27H. The average Bonchev–Trinajstić information content (AvgIpc) is 3.55. The van der Waals surface area contributed by atoms with Gasteiger partial charge in [0.25, 0.3) is 0 Å². The van der Waals surface area contributed by atoms with Crippen molar-refractivity contribution in [2.24, 2.45) is 0 Å². The van der Waals surface area contributed by atoms with Crippen molar-refractivity contribution in [2.75, 3.05) is 0 Å². The van der Waals surface area contributed by atoms with Gasteiger partial charge in [0.05, 0.1) is 0 Å². The summed E-state index contributed by atoms with van der Waals surface area (Å²) in [5, 5.41) is 9.52. The van der Waals surface area contributed by atoms with E-state index >= 15 is 0 Å². The Hall–Kier alpha value is -6.23. The average molecular weight is 642 g/mol. The summed E-state index contributed by atoms with van der Waals surface area (Å²) in [4.78, 5) is 15.5. The van der Waals surface area contributed by atoms with Gasteiger partial charge in [-0.05, 0) is 68.4 Å². The van der Waals surface area contributed by atoms with E-state index in [1.54, 1.807) is 0 Å². The summed E-state index contributed by atoms with van der Waals surface area (Å²) in [7, 11) is 0. The van der Waals surface area contributed by atoms with Gasteiger partial charge in [-0.25, -0.2) is 15.0 Å². The number of thiophene rings is 1. The third-order valence-electron chi connectivity index (χ3n) is 9.48. The maximum Gasteiger partial charge on any atom is 0.164 e. The molecular weight excluding hydrogens is 615 g/mol. The van der Waals surface area contributed by atoms with Crippen molar-refractivity contribution in [3.8, 4) is 45.3 Å². The Bertz CT molecular complexity index is 2800. The molecule has 0 saturated heterocycles. The summed E-state index contributed by atoms with van der Waals surface area (Å²) in [5.74, 6) is 1.96. The van der Waals surface area contributed by atoms with Crippen LogP contribution in [-0.2, 0) is 0 Å². The van der Waals surface area contributed by atoms with Crippen LogP contribution in [0.3, 0.4) is 0 Å². The number of aromatic nitrogens is 3. The van der Waals surface area contributed by atoms with E-state index in [9.17, 15) is 0 Å². The molecule has 0 aliphatic carbocycles. The maximum atomic E-state index is 5.22. The lowest BCUT2D eigenvalue weighted by molar-refractivity contribution is 1.08. The van der Waals surface area contributed by atoms with Crippen LogP contribution < -0.4 is 0 Å². The minimum atomic E-state index is 0.652. The number of hydrogen-bond donors (Lipinski definition) is 0. The van der Waals surface area contributed by atoms with Crippen molar-refractivity contribution < 1.29 is 0 Å². The van der Waals surface area contributed by atoms with E-state index in [2.05, 4.69) is 164 Å². The number of nitrogens with zero attached hydrogens (tertiary/aromatic N) is 3. The Labute approximate surface area is 286 Å². The molecular formula is C45H27N3S. The van der Waals surface area contributed by atoms with Crippen LogP contribution >= 0.6 is 11.3 Å². The number of hydrogen-bond acceptors (Lipinski definition) is 4. The highest BCUT2D eigenvalue weighted by molar-refractivity contribution is 7.25. The second-order valence-corrected chi connectivity index (χ2v) is 13.5. The van der Waals surface area contributed by atoms with Crippen molar-refractivity contribution in [3.63, 3.8) is 0 Å². The van der Waals surface area contributed by atoms with Gasteiger partial charge in [-0.3, -0.25) is 0 Å². The molecule has 2 heterocycles. The van der Waals surface area contributed by atoms with E-state index in [4.69, 9.17) is 15.0 Å². The molecule has 8 aromatic carbocycles. The quantitative estimate of drug-likeness (QED) is 0.192. The van der Waals surface area contributed by atoms with Crippen LogP contribution in [0.25, 0.3) is 97.8 Å². The summed E-state index contributed by atoms with van der Waals surface area (Å²) in [6.45, 7) is 0. The smallest absolute Gasteiger partial charge is 0.164 e. The van der Waals surface area contributed by atoms with Crippen molar-refractivity contribution in [2.45, 2.75) is 0 Å². The van der Waals surface area contributed by atoms with Crippen LogP contribution in [0.1, 0.15) is 0 Å². The molecule has 0 atom stereocenters. The zero-order valence-electron chi connectivity index (χ0n) is 26.3. The van der Waals surface area contributed by atoms with Crippen molar-refractivity contribution in [3.05, 3.63) is 164 Å². The van der Waals surface area contributed by atoms with Gasteiger partial charge in [-0.1, -0.05) is 133 Å². The van der Waals surface area contributed by atoms with Crippen LogP contribution in [0, 0.1) is 0 Å². The fourth-order valence-corrected chi connectivity index (χ4v) is 8.16. The Kier molecular flexibility index (Phi) is 6.36. The summed E-state index contributed by atoms with van der Waals surface area (Å²) >= 11 is 1.84. The molecule has 0 fully saturated rings. The van der Waals surface area contributed by atoms with Gasteiger partial charge >= 0.3 is 0 Å². The number of benzene rings is 8. The largest absolute Gasteiger partial charge is 0.208 e. The molecule has 0 N–H and O–H groups in total. The predicted molar refractivity (Wildman–Crippen MR) is 207 cm³/mol. The highest BCUT2D eigenvalue weighted by atomic mass is 32.1. The summed E-state index contributed by atoms with van der Waals surface area (Å²) in [6, 6.07) is 58.1. The third-order valence-corrected chi connectivity index (χ3v) is 10.6. The van der Waals surface area contributed by atoms with Gasteiger partial charge < -0.3 is 0 Å². The summed E-state index contributed by atoms with van der Waals surface area (Å²) in [5.41, 5.74) is 5.23. The first-order valence-electron chi connectivity index (χ1n) is 16.4. The first kappa shape index (κ1) is 27.8. The molecule has 0 spiro atoms. The Morgan fingerprint density at radius 2 is 0.857 bits per heavy atom. The van der Waals surface area contributed by atoms with Gasteiger partial charge in [0, 0.05) is 42.2 Å². The second kappa shape index (κ2) is 11.2. The van der Waals surface area contributed by atoms with Crippen molar-refractivity contribution in [1.82, 2.24) is 15.0 Å². The third kappa shape index (κ3) is 4.76. The zero-order valence-corrected chi connectivity index (χ0v) is 27.2. The van der Waals surface area contributed by atoms with Gasteiger partial charge in [0.15, 0.2) is 17.5 Å². The van der Waals surface area contributed by atoms with Gasteiger partial charge in [-0.15, -0.1) is 11.3 Å². The number of rotatable bonds is 4. The van der Waals surface area contributed by atoms with E-state index in [1.165, 1.54) is 36.5 Å². The highest BCUT2D eigenvalue weighted by Gasteiger charge is 2.18. The first-order chi connectivity index (χ1) is 24.2. The topological polar surface area (TPSA) is 38.7 Å². The number of fused-ring (bicyclic) bond motifs is 6. The Balaban J connectivity index is 1.22. The molecule has 0 amide bonds. The van der Waals surface area contributed by atoms with Crippen LogP contribution in [0.4, 0.5) is 0 Å². The predicted octanol–water partition coefficient (Wildman–Crippen LogP) is 12.4. The molecule has 0 radical (unpaired) electrons. The van der Waals surface area contributed by atoms with E-state index < -0.39 is 0 Å². The Morgan fingerprint density at radius 1 is 0.327 bits per heavy atom. The molecule has 0 saturated carbocycles. The highest BCUT2D eigenvalue weighted by Crippen LogP contribution is 2.40. The van der Waals surface area contributed by atoms with Gasteiger partial charge in [-0.2, -0.15) is 0 Å². The molecule has 3 nitrogen and oxygen atoms in total. The molecule has 0 unspecified atom stereocenters. The van der Waals surface area contributed by atoms with Crippen LogP contribution in [-0.4, -0.2) is 15.0 Å². The lowest BCUT2D eigenvalue weighted by Crippen LogP contribution is -2.01. The van der Waals surface area contributed by atoms with E-state index in [0.717, 1.165) is 43.8 Å². The van der Waals surface area contributed by atoms with Crippen molar-refractivity contribution >= 4 is 63.8 Å². The molecule has 0 aliphatic heterocycles. The minimum absolute atomic E-state index is 0.652. The van der Waals surface area contributed by atoms with E-state index in [1.807, 2.05) is 11.3 Å². The summed E-state index contributed by atoms with van der Waals surface area (Å²) < 4.78 is 2.60. The van der Waals surface area contributed by atoms with Crippen LogP contribution in [0.5, 0.6) is 0 Å². The lowest BCUT2D eigenvalue weighted by atomic mass is 9.93. The molecule has 4 heteroatoms. The van der Waals surface area contributed by atoms with E-state index in [0.29, 0.717) is 17.5 Å². The minimum Gasteiger partial charge on any atom is -0.208 e. The summed E-state index contributed by atoms with van der Waals surface area (Å²) in [6.07, 6.45) is 0. The second-order valence-electron chi connectivity index (χ2n) is 12.4. The van der Waals surface area contributed by atoms with Crippen LogP contribution in [0.2, 0.25) is 0 Å². The normalized spacial score (nSPS) is 11.7. The zero-order chi connectivity index (χ0) is 32.3. The molecule has 10 aromatic rings. The van der Waals surface area contributed by atoms with Crippen LogP contribution in [0.15, 0.2) is 164 Å². The Morgan fingerprint density at radius 3 is 1.55 bits per heavy atom. The first-order valence-corrected chi connectivity index (χ1v) is 17.3. The molecule has 0 aliphatic rings. The molecule has 10 rings (SSSR count). The molecule has 2 aromatic heterocycles. The monoisotopic (exact) mass is 641 g/mol. The SMILES string of the molecule is c1ccc2cc(-c3nc(-c4ccc5ccccc5c4)nc(-c4cccc5cccc(-c6ccc7sc8ccccc8c7c6)c45)n3)ccc2c1. The molecule has 49 heavy (non-hydrogen) atoms. The fourth-order valence-electron chi connectivity index (χ4n) is 7.07. The molecule has 0 bridgehead atoms. The fraction of sp³-hybridized carbons (Fsp3) is 0. The van der Waals surface area contributed by atoms with E-state index in [-0.39, 0.29) is 0 Å². The molecule has 228 valence electrons. The van der Waals surface area contributed by atoms with Gasteiger partial charge in [0.1, 0.15) is 0 Å². The maximum absolute atomic E-state index is 5.22. The van der Waals surface area contributed by atoms with Crippen molar-refractivity contribution in [1.29, 1.82) is 0 Å².